The molecule has 0 atom stereocenters. The van der Waals surface area contributed by atoms with E-state index in [0.717, 1.165) is 28.9 Å². The maximum atomic E-state index is 11.4. The number of ether oxygens (including phenoxy) is 1. The largest absolute Gasteiger partial charge is 0.482 e. The minimum atomic E-state index is -0.109. The van der Waals surface area contributed by atoms with Gasteiger partial charge in [0, 0.05) is 18.7 Å². The molecule has 0 aliphatic carbocycles. The summed E-state index contributed by atoms with van der Waals surface area (Å²) in [5.41, 5.74) is 1.04. The van der Waals surface area contributed by atoms with Crippen LogP contribution in [0, 0.1) is 0 Å². The molecule has 0 aliphatic rings. The summed E-state index contributed by atoms with van der Waals surface area (Å²) in [6.45, 7) is 6.20. The molecule has 0 saturated heterocycles. The Morgan fingerprint density at radius 1 is 1.33 bits per heavy atom. The fourth-order valence-corrected chi connectivity index (χ4v) is 2.02. The van der Waals surface area contributed by atoms with Crippen LogP contribution in [0.5, 0.6) is 5.75 Å². The molecule has 0 bridgehead atoms. The highest BCUT2D eigenvalue weighted by atomic mass is 79.9. The Balaban J connectivity index is 2.69. The van der Waals surface area contributed by atoms with Crippen molar-refractivity contribution in [1.82, 2.24) is 10.6 Å². The molecule has 0 saturated carbocycles. The van der Waals surface area contributed by atoms with Gasteiger partial charge in [-0.25, -0.2) is 0 Å². The minimum Gasteiger partial charge on any atom is -0.482 e. The quantitative estimate of drug-likeness (QED) is 0.810. The second-order valence-corrected chi connectivity index (χ2v) is 4.60. The van der Waals surface area contributed by atoms with Crippen molar-refractivity contribution in [3.63, 3.8) is 0 Å². The number of carbonyl (C=O) groups excluding carboxylic acids is 1. The molecule has 18 heavy (non-hydrogen) atoms. The third-order valence-corrected chi connectivity index (χ3v) is 2.96. The van der Waals surface area contributed by atoms with Crippen LogP contribution in [0.1, 0.15) is 19.4 Å². The summed E-state index contributed by atoms with van der Waals surface area (Å²) in [5, 5.41) is 5.95. The molecule has 1 rings (SSSR count). The van der Waals surface area contributed by atoms with Crippen LogP contribution < -0.4 is 15.4 Å². The number of likely N-dealkylation sites (N-methyl/N-ethyl adjacent to an activating group) is 1. The number of para-hydroxylation sites is 1. The summed E-state index contributed by atoms with van der Waals surface area (Å²) in [6.07, 6.45) is 0. The second-order valence-electron chi connectivity index (χ2n) is 3.75. The summed E-state index contributed by atoms with van der Waals surface area (Å²) in [4.78, 5) is 11.4. The molecule has 0 aromatic heterocycles. The summed E-state index contributed by atoms with van der Waals surface area (Å²) in [5.74, 6) is 0.618. The smallest absolute Gasteiger partial charge is 0.257 e. The Morgan fingerprint density at radius 2 is 2.11 bits per heavy atom. The van der Waals surface area contributed by atoms with Gasteiger partial charge in [-0.1, -0.05) is 19.1 Å². The molecule has 5 heteroatoms. The molecule has 1 amide bonds. The first-order valence-electron chi connectivity index (χ1n) is 6.06. The Labute approximate surface area is 116 Å². The number of nitrogens with one attached hydrogen (secondary N) is 2. The average Bonchev–Trinajstić information content (AvgIpc) is 2.35. The normalized spacial score (nSPS) is 10.2. The number of rotatable bonds is 7. The molecule has 1 aromatic carbocycles. The Bertz CT molecular complexity index is 397. The van der Waals surface area contributed by atoms with Crippen molar-refractivity contribution in [1.29, 1.82) is 0 Å². The van der Waals surface area contributed by atoms with E-state index < -0.39 is 0 Å². The van der Waals surface area contributed by atoms with Crippen molar-refractivity contribution >= 4 is 21.8 Å². The highest BCUT2D eigenvalue weighted by Gasteiger charge is 2.09. The summed E-state index contributed by atoms with van der Waals surface area (Å²) in [7, 11) is 0. The topological polar surface area (TPSA) is 50.4 Å². The van der Waals surface area contributed by atoms with Gasteiger partial charge in [0.25, 0.3) is 5.91 Å². The molecule has 0 aliphatic heterocycles. The molecular weight excluding hydrogens is 296 g/mol. The molecule has 0 spiro atoms. The highest BCUT2D eigenvalue weighted by molar-refractivity contribution is 9.10. The zero-order valence-corrected chi connectivity index (χ0v) is 12.3. The summed E-state index contributed by atoms with van der Waals surface area (Å²) < 4.78 is 6.44. The standard InChI is InChI=1S/C13H19BrN2O2/c1-3-15-8-10-6-5-7-11(14)13(10)18-9-12(17)16-4-2/h5-7,15H,3-4,8-9H2,1-2H3,(H,16,17). The van der Waals surface area contributed by atoms with Crippen LogP contribution in [-0.2, 0) is 11.3 Å². The van der Waals surface area contributed by atoms with E-state index in [1.807, 2.05) is 32.0 Å². The number of benzene rings is 1. The van der Waals surface area contributed by atoms with Gasteiger partial charge in [-0.05, 0) is 35.5 Å². The van der Waals surface area contributed by atoms with Crippen LogP contribution in [-0.4, -0.2) is 25.6 Å². The Kier molecular flexibility index (Phi) is 6.75. The van der Waals surface area contributed by atoms with E-state index in [9.17, 15) is 4.79 Å². The third kappa shape index (κ3) is 4.66. The van der Waals surface area contributed by atoms with Crippen LogP contribution in [0.25, 0.3) is 0 Å². The summed E-state index contributed by atoms with van der Waals surface area (Å²) >= 11 is 3.44. The Morgan fingerprint density at radius 3 is 2.78 bits per heavy atom. The fourth-order valence-electron chi connectivity index (χ4n) is 1.50. The lowest BCUT2D eigenvalue weighted by Crippen LogP contribution is -2.28. The fraction of sp³-hybridized carbons (Fsp3) is 0.462. The van der Waals surface area contributed by atoms with Gasteiger partial charge in [0.1, 0.15) is 5.75 Å². The van der Waals surface area contributed by atoms with Gasteiger partial charge in [-0.15, -0.1) is 0 Å². The van der Waals surface area contributed by atoms with Gasteiger partial charge < -0.3 is 15.4 Å². The number of hydrogen-bond donors (Lipinski definition) is 2. The molecule has 2 N–H and O–H groups in total. The molecule has 100 valence electrons. The van der Waals surface area contributed by atoms with Crippen molar-refractivity contribution < 1.29 is 9.53 Å². The van der Waals surface area contributed by atoms with E-state index >= 15 is 0 Å². The second kappa shape index (κ2) is 8.11. The molecule has 1 aromatic rings. The monoisotopic (exact) mass is 314 g/mol. The molecular formula is C13H19BrN2O2. The predicted octanol–water partition coefficient (Wildman–Crippen LogP) is 2.07. The van der Waals surface area contributed by atoms with Crippen LogP contribution in [0.3, 0.4) is 0 Å². The first kappa shape index (κ1) is 15.0. The van der Waals surface area contributed by atoms with E-state index in [1.165, 1.54) is 0 Å². The van der Waals surface area contributed by atoms with Crippen LogP contribution in [0.2, 0.25) is 0 Å². The van der Waals surface area contributed by atoms with E-state index in [1.54, 1.807) is 0 Å². The average molecular weight is 315 g/mol. The van der Waals surface area contributed by atoms with Crippen LogP contribution >= 0.6 is 15.9 Å². The predicted molar refractivity (Wildman–Crippen MR) is 75.7 cm³/mol. The Hall–Kier alpha value is -1.07. The lowest BCUT2D eigenvalue weighted by molar-refractivity contribution is -0.123. The van der Waals surface area contributed by atoms with Crippen molar-refractivity contribution in [2.24, 2.45) is 0 Å². The van der Waals surface area contributed by atoms with Gasteiger partial charge in [0.05, 0.1) is 4.47 Å². The molecule has 0 radical (unpaired) electrons. The minimum absolute atomic E-state index is 0.0373. The zero-order valence-electron chi connectivity index (χ0n) is 10.8. The number of amides is 1. The maximum absolute atomic E-state index is 11.4. The van der Waals surface area contributed by atoms with Crippen LogP contribution in [0.15, 0.2) is 22.7 Å². The van der Waals surface area contributed by atoms with Gasteiger partial charge in [-0.3, -0.25) is 4.79 Å². The first-order chi connectivity index (χ1) is 8.69. The summed E-state index contributed by atoms with van der Waals surface area (Å²) in [6, 6.07) is 5.85. The molecule has 0 unspecified atom stereocenters. The van der Waals surface area contributed by atoms with E-state index in [-0.39, 0.29) is 12.5 Å². The third-order valence-electron chi connectivity index (χ3n) is 2.34. The maximum Gasteiger partial charge on any atom is 0.257 e. The van der Waals surface area contributed by atoms with Crippen molar-refractivity contribution in [3.05, 3.63) is 28.2 Å². The van der Waals surface area contributed by atoms with Gasteiger partial charge in [-0.2, -0.15) is 0 Å². The molecule has 0 heterocycles. The van der Waals surface area contributed by atoms with Gasteiger partial charge >= 0.3 is 0 Å². The highest BCUT2D eigenvalue weighted by Crippen LogP contribution is 2.28. The van der Waals surface area contributed by atoms with Gasteiger partial charge in [0.2, 0.25) is 0 Å². The van der Waals surface area contributed by atoms with Crippen LogP contribution in [0.4, 0.5) is 0 Å². The lowest BCUT2D eigenvalue weighted by atomic mass is 10.2. The van der Waals surface area contributed by atoms with Crippen molar-refractivity contribution in [2.75, 3.05) is 19.7 Å². The van der Waals surface area contributed by atoms with E-state index in [0.29, 0.717) is 6.54 Å². The zero-order chi connectivity index (χ0) is 13.4. The first-order valence-corrected chi connectivity index (χ1v) is 6.85. The van der Waals surface area contributed by atoms with Gasteiger partial charge in [0.15, 0.2) is 6.61 Å². The molecule has 0 fully saturated rings. The number of carbonyl (C=O) groups is 1. The van der Waals surface area contributed by atoms with E-state index in [4.69, 9.17) is 4.74 Å². The number of halogens is 1. The molecule has 4 nitrogen and oxygen atoms in total. The van der Waals surface area contributed by atoms with E-state index in [2.05, 4.69) is 26.6 Å². The van der Waals surface area contributed by atoms with Crippen molar-refractivity contribution in [3.8, 4) is 5.75 Å². The van der Waals surface area contributed by atoms with Crippen molar-refractivity contribution in [2.45, 2.75) is 20.4 Å². The number of hydrogen-bond acceptors (Lipinski definition) is 3. The SMILES string of the molecule is CCNCc1cccc(Br)c1OCC(=O)NCC. The lowest BCUT2D eigenvalue weighted by Gasteiger charge is -2.13.